The highest BCUT2D eigenvalue weighted by molar-refractivity contribution is 5.94. The average molecular weight is 459 g/mol. The smallest absolute Gasteiger partial charge is 0.350 e. The summed E-state index contributed by atoms with van der Waals surface area (Å²) in [5.41, 5.74) is -0.493. The zero-order valence-electron chi connectivity index (χ0n) is 17.0. The van der Waals surface area contributed by atoms with Crippen LogP contribution in [-0.4, -0.2) is 31.8 Å². The highest BCUT2D eigenvalue weighted by Crippen LogP contribution is 2.29. The summed E-state index contributed by atoms with van der Waals surface area (Å²) in [6, 6.07) is 9.99. The normalized spacial score (nSPS) is 11.6. The van der Waals surface area contributed by atoms with Crippen LogP contribution < -0.4 is 10.9 Å². The number of benzene rings is 2. The highest BCUT2D eigenvalue weighted by Gasteiger charge is 2.30. The lowest BCUT2D eigenvalue weighted by Gasteiger charge is -2.09. The SMILES string of the molecule is O=C(NCCn1ncc2c(=O)n(Cc3ccccc3F)cnc21)c1ccc(C(F)(F)F)cc1. The van der Waals surface area contributed by atoms with E-state index in [4.69, 9.17) is 0 Å². The molecular formula is C22H17F4N5O2. The molecule has 0 aliphatic heterocycles. The minimum Gasteiger partial charge on any atom is -0.350 e. The number of nitrogens with one attached hydrogen (secondary N) is 1. The Balaban J connectivity index is 1.42. The lowest BCUT2D eigenvalue weighted by Crippen LogP contribution is -2.28. The first-order valence-corrected chi connectivity index (χ1v) is 9.84. The topological polar surface area (TPSA) is 81.8 Å². The van der Waals surface area contributed by atoms with Crippen LogP contribution in [0.2, 0.25) is 0 Å². The van der Waals surface area contributed by atoms with Crippen LogP contribution in [0.1, 0.15) is 21.5 Å². The predicted octanol–water partition coefficient (Wildman–Crippen LogP) is 3.23. The number of hydrogen-bond donors (Lipinski definition) is 1. The van der Waals surface area contributed by atoms with Crippen LogP contribution >= 0.6 is 0 Å². The molecule has 0 aliphatic carbocycles. The maximum absolute atomic E-state index is 13.9. The molecule has 4 aromatic rings. The molecule has 0 aliphatic rings. The molecule has 2 aromatic carbocycles. The monoisotopic (exact) mass is 459 g/mol. The Morgan fingerprint density at radius 1 is 1.06 bits per heavy atom. The first kappa shape index (κ1) is 22.2. The molecule has 7 nitrogen and oxygen atoms in total. The maximum Gasteiger partial charge on any atom is 0.416 e. The van der Waals surface area contributed by atoms with Crippen molar-refractivity contribution in [2.24, 2.45) is 0 Å². The first-order valence-electron chi connectivity index (χ1n) is 9.84. The number of aromatic nitrogens is 4. The van der Waals surface area contributed by atoms with E-state index in [1.54, 1.807) is 18.2 Å². The van der Waals surface area contributed by atoms with E-state index in [-0.39, 0.29) is 36.1 Å². The lowest BCUT2D eigenvalue weighted by molar-refractivity contribution is -0.137. The highest BCUT2D eigenvalue weighted by atomic mass is 19.4. The Labute approximate surface area is 184 Å². The van der Waals surface area contributed by atoms with Crippen LogP contribution in [0.25, 0.3) is 11.0 Å². The van der Waals surface area contributed by atoms with Gasteiger partial charge < -0.3 is 5.32 Å². The Hall–Kier alpha value is -4.02. The zero-order chi connectivity index (χ0) is 23.6. The Morgan fingerprint density at radius 3 is 2.48 bits per heavy atom. The molecule has 0 saturated heterocycles. The second-order valence-electron chi connectivity index (χ2n) is 7.21. The van der Waals surface area contributed by atoms with Gasteiger partial charge in [0.15, 0.2) is 5.65 Å². The van der Waals surface area contributed by atoms with Gasteiger partial charge in [-0.2, -0.15) is 18.3 Å². The largest absolute Gasteiger partial charge is 0.416 e. The molecule has 0 radical (unpaired) electrons. The Morgan fingerprint density at radius 2 is 1.79 bits per heavy atom. The van der Waals surface area contributed by atoms with Gasteiger partial charge in [0.1, 0.15) is 17.5 Å². The summed E-state index contributed by atoms with van der Waals surface area (Å²) in [6.07, 6.45) is -1.83. The van der Waals surface area contributed by atoms with Crippen molar-refractivity contribution in [3.05, 3.63) is 93.9 Å². The van der Waals surface area contributed by atoms with Crippen molar-refractivity contribution >= 4 is 16.9 Å². The van der Waals surface area contributed by atoms with Gasteiger partial charge in [0.05, 0.1) is 24.8 Å². The van der Waals surface area contributed by atoms with E-state index in [9.17, 15) is 27.2 Å². The van der Waals surface area contributed by atoms with Gasteiger partial charge in [-0.1, -0.05) is 18.2 Å². The number of halogens is 4. The number of carbonyl (C=O) groups excluding carboxylic acids is 1. The van der Waals surface area contributed by atoms with Crippen LogP contribution in [0.15, 0.2) is 65.8 Å². The molecular weight excluding hydrogens is 442 g/mol. The lowest BCUT2D eigenvalue weighted by atomic mass is 10.1. The molecule has 0 spiro atoms. The quantitative estimate of drug-likeness (QED) is 0.449. The molecule has 0 atom stereocenters. The fraction of sp³-hybridized carbons (Fsp3) is 0.182. The summed E-state index contributed by atoms with van der Waals surface area (Å²) in [4.78, 5) is 29.1. The minimum absolute atomic E-state index is 0.0167. The number of alkyl halides is 3. The van der Waals surface area contributed by atoms with Crippen LogP contribution in [0.5, 0.6) is 0 Å². The van der Waals surface area contributed by atoms with E-state index in [1.165, 1.54) is 27.8 Å². The third-order valence-corrected chi connectivity index (χ3v) is 5.00. The van der Waals surface area contributed by atoms with E-state index in [0.29, 0.717) is 11.2 Å². The summed E-state index contributed by atoms with van der Waals surface area (Å²) in [7, 11) is 0. The maximum atomic E-state index is 13.9. The van der Waals surface area contributed by atoms with E-state index in [1.807, 2.05) is 0 Å². The first-order chi connectivity index (χ1) is 15.7. The minimum atomic E-state index is -4.48. The van der Waals surface area contributed by atoms with Crippen LogP contribution in [-0.2, 0) is 19.3 Å². The van der Waals surface area contributed by atoms with E-state index in [0.717, 1.165) is 24.3 Å². The van der Waals surface area contributed by atoms with Crippen molar-refractivity contribution in [1.82, 2.24) is 24.6 Å². The molecule has 1 amide bonds. The third-order valence-electron chi connectivity index (χ3n) is 5.00. The molecule has 0 unspecified atom stereocenters. The summed E-state index contributed by atoms with van der Waals surface area (Å²) in [5.74, 6) is -0.968. The number of fused-ring (bicyclic) bond motifs is 1. The summed E-state index contributed by atoms with van der Waals surface area (Å²) < 4.78 is 54.5. The standard InChI is InChI=1S/C22H17F4N5O2/c23-18-4-2-1-3-15(18)12-30-13-28-19-17(21(30)33)11-29-31(19)10-9-27-20(32)14-5-7-16(8-6-14)22(24,25)26/h1-8,11,13H,9-10,12H2,(H,27,32). The molecule has 0 saturated carbocycles. The average Bonchev–Trinajstić information content (AvgIpc) is 3.20. The van der Waals surface area contributed by atoms with Crippen molar-refractivity contribution in [2.75, 3.05) is 6.54 Å². The Bertz CT molecular complexity index is 1360. The second-order valence-corrected chi connectivity index (χ2v) is 7.21. The van der Waals surface area contributed by atoms with Gasteiger partial charge in [0.2, 0.25) is 0 Å². The van der Waals surface area contributed by atoms with E-state index >= 15 is 0 Å². The molecule has 1 N–H and O–H groups in total. The number of rotatable bonds is 6. The number of nitrogens with zero attached hydrogens (tertiary/aromatic N) is 4. The molecule has 2 aromatic heterocycles. The van der Waals surface area contributed by atoms with Gasteiger partial charge >= 0.3 is 6.18 Å². The van der Waals surface area contributed by atoms with Crippen molar-refractivity contribution in [3.63, 3.8) is 0 Å². The molecule has 33 heavy (non-hydrogen) atoms. The summed E-state index contributed by atoms with van der Waals surface area (Å²) >= 11 is 0. The van der Waals surface area contributed by atoms with Crippen molar-refractivity contribution < 1.29 is 22.4 Å². The van der Waals surface area contributed by atoms with Crippen molar-refractivity contribution in [2.45, 2.75) is 19.3 Å². The van der Waals surface area contributed by atoms with Crippen molar-refractivity contribution in [3.8, 4) is 0 Å². The second kappa shape index (κ2) is 8.85. The number of hydrogen-bond acceptors (Lipinski definition) is 4. The molecule has 0 bridgehead atoms. The van der Waals surface area contributed by atoms with Gasteiger partial charge in [-0.15, -0.1) is 0 Å². The third kappa shape index (κ3) is 4.76. The fourth-order valence-corrected chi connectivity index (χ4v) is 3.27. The molecule has 4 rings (SSSR count). The van der Waals surface area contributed by atoms with Gasteiger partial charge in [0.25, 0.3) is 11.5 Å². The van der Waals surface area contributed by atoms with Crippen LogP contribution in [0.4, 0.5) is 17.6 Å². The van der Waals surface area contributed by atoms with Crippen LogP contribution in [0, 0.1) is 5.82 Å². The fourth-order valence-electron chi connectivity index (χ4n) is 3.27. The van der Waals surface area contributed by atoms with E-state index in [2.05, 4.69) is 15.4 Å². The number of amides is 1. The van der Waals surface area contributed by atoms with Gasteiger partial charge in [-0.25, -0.2) is 14.1 Å². The molecule has 170 valence electrons. The Kier molecular flexibility index (Phi) is 5.95. The predicted molar refractivity (Wildman–Crippen MR) is 111 cm³/mol. The molecule has 2 heterocycles. The molecule has 0 fully saturated rings. The van der Waals surface area contributed by atoms with Crippen LogP contribution in [0.3, 0.4) is 0 Å². The van der Waals surface area contributed by atoms with Gasteiger partial charge in [0, 0.05) is 17.7 Å². The van der Waals surface area contributed by atoms with Crippen molar-refractivity contribution in [1.29, 1.82) is 0 Å². The zero-order valence-corrected chi connectivity index (χ0v) is 17.0. The summed E-state index contributed by atoms with van der Waals surface area (Å²) in [6.45, 7) is 0.305. The molecule has 11 heteroatoms. The summed E-state index contributed by atoms with van der Waals surface area (Å²) in [5, 5.41) is 6.95. The van der Waals surface area contributed by atoms with Gasteiger partial charge in [-0.3, -0.25) is 14.2 Å². The number of carbonyl (C=O) groups is 1. The van der Waals surface area contributed by atoms with E-state index < -0.39 is 23.5 Å². The van der Waals surface area contributed by atoms with Gasteiger partial charge in [-0.05, 0) is 30.3 Å².